The first kappa shape index (κ1) is 18.1. The van der Waals surface area contributed by atoms with Crippen LogP contribution in [-0.2, 0) is 11.3 Å². The first-order valence-electron chi connectivity index (χ1n) is 9.70. The molecule has 4 aromatic rings. The van der Waals surface area contributed by atoms with E-state index in [1.165, 1.54) is 4.88 Å². The molecule has 8 heteroatoms. The molecule has 0 spiro atoms. The zero-order valence-corrected chi connectivity index (χ0v) is 16.6. The second kappa shape index (κ2) is 7.81. The van der Waals surface area contributed by atoms with Crippen molar-refractivity contribution in [2.45, 2.75) is 25.5 Å². The number of hydrogen-bond donors (Lipinski definition) is 1. The third-order valence-corrected chi connectivity index (χ3v) is 5.96. The Balaban J connectivity index is 1.57. The summed E-state index contributed by atoms with van der Waals surface area (Å²) in [6.45, 7) is 2.15. The summed E-state index contributed by atoms with van der Waals surface area (Å²) >= 11 is 1.69. The number of para-hydroxylation sites is 1. The Labute approximate surface area is 171 Å². The second-order valence-electron chi connectivity index (χ2n) is 7.11. The number of H-pyrrole nitrogens is 1. The van der Waals surface area contributed by atoms with Crippen molar-refractivity contribution in [2.24, 2.45) is 0 Å². The van der Waals surface area contributed by atoms with Crippen LogP contribution in [0.4, 0.5) is 5.95 Å². The highest BCUT2D eigenvalue weighted by molar-refractivity contribution is 7.09. The molecule has 1 aliphatic heterocycles. The van der Waals surface area contributed by atoms with Gasteiger partial charge in [-0.05, 0) is 36.4 Å². The van der Waals surface area contributed by atoms with Crippen LogP contribution in [0.3, 0.4) is 0 Å². The molecule has 0 amide bonds. The smallest absolute Gasteiger partial charge is 0.263 e. The lowest BCUT2D eigenvalue weighted by molar-refractivity contribution is 0.115. The van der Waals surface area contributed by atoms with Crippen molar-refractivity contribution >= 4 is 28.3 Å². The van der Waals surface area contributed by atoms with Crippen LogP contribution in [0.25, 0.3) is 16.7 Å². The minimum absolute atomic E-state index is 0.148. The van der Waals surface area contributed by atoms with E-state index >= 15 is 0 Å². The van der Waals surface area contributed by atoms with E-state index < -0.39 is 0 Å². The minimum Gasteiger partial charge on any atom is -0.376 e. The Morgan fingerprint density at radius 1 is 1.24 bits per heavy atom. The van der Waals surface area contributed by atoms with Gasteiger partial charge in [-0.2, -0.15) is 10.1 Å². The van der Waals surface area contributed by atoms with Crippen LogP contribution in [-0.4, -0.2) is 39.0 Å². The Morgan fingerprint density at radius 3 is 2.90 bits per heavy atom. The summed E-state index contributed by atoms with van der Waals surface area (Å²) in [5, 5.41) is 6.94. The lowest BCUT2D eigenvalue weighted by Gasteiger charge is -2.25. The van der Waals surface area contributed by atoms with Gasteiger partial charge in [-0.15, -0.1) is 11.3 Å². The fraction of sp³-hybridized carbons (Fsp3) is 0.286. The third-order valence-electron chi connectivity index (χ3n) is 5.10. The average molecular weight is 407 g/mol. The molecule has 1 fully saturated rings. The average Bonchev–Trinajstić information content (AvgIpc) is 3.50. The quantitative estimate of drug-likeness (QED) is 0.530. The fourth-order valence-electron chi connectivity index (χ4n) is 3.67. The van der Waals surface area contributed by atoms with Crippen LogP contribution >= 0.6 is 11.3 Å². The van der Waals surface area contributed by atoms with Gasteiger partial charge in [-0.1, -0.05) is 24.3 Å². The van der Waals surface area contributed by atoms with Crippen molar-refractivity contribution in [1.29, 1.82) is 0 Å². The zero-order valence-electron chi connectivity index (χ0n) is 15.8. The third kappa shape index (κ3) is 3.68. The number of ether oxygens (including phenoxy) is 1. The van der Waals surface area contributed by atoms with Crippen molar-refractivity contribution in [3.63, 3.8) is 0 Å². The normalized spacial score (nSPS) is 16.5. The summed E-state index contributed by atoms with van der Waals surface area (Å²) in [4.78, 5) is 23.9. The predicted octanol–water partition coefficient (Wildman–Crippen LogP) is 3.36. The summed E-state index contributed by atoms with van der Waals surface area (Å²) in [6.07, 6.45) is 3.81. The lowest BCUT2D eigenvalue weighted by atomic mass is 10.2. The van der Waals surface area contributed by atoms with Gasteiger partial charge in [0, 0.05) is 18.0 Å². The van der Waals surface area contributed by atoms with Crippen LogP contribution in [0, 0.1) is 0 Å². The van der Waals surface area contributed by atoms with Gasteiger partial charge in [-0.25, -0.2) is 4.68 Å². The number of aromatic nitrogens is 4. The summed E-state index contributed by atoms with van der Waals surface area (Å²) < 4.78 is 7.56. The maximum atomic E-state index is 12.8. The standard InChI is InChI=1S/C21H21N5O2S/c27-20-18-12-22-26(15-6-2-1-3-7-15)19(18)23-21(24-20)25(13-16-8-4-10-28-16)14-17-9-5-11-29-17/h1-3,5-7,9,11-12,16H,4,8,10,13-14H2,(H,23,24,27)/t16-/m1/s1. The van der Waals surface area contributed by atoms with E-state index in [1.54, 1.807) is 22.2 Å². The molecule has 0 bridgehead atoms. The molecular formula is C21H21N5O2S. The maximum Gasteiger partial charge on any atom is 0.263 e. The van der Waals surface area contributed by atoms with Gasteiger partial charge >= 0.3 is 0 Å². The molecule has 148 valence electrons. The molecule has 1 atom stereocenters. The molecule has 1 aliphatic rings. The molecule has 7 nitrogen and oxygen atoms in total. The molecule has 0 saturated carbocycles. The van der Waals surface area contributed by atoms with Gasteiger partial charge in [-0.3, -0.25) is 9.78 Å². The van der Waals surface area contributed by atoms with E-state index in [9.17, 15) is 4.79 Å². The summed E-state index contributed by atoms with van der Waals surface area (Å²) in [5.41, 5.74) is 1.24. The molecule has 0 unspecified atom stereocenters. The second-order valence-corrected chi connectivity index (χ2v) is 8.15. The molecular weight excluding hydrogens is 386 g/mol. The highest BCUT2D eigenvalue weighted by Gasteiger charge is 2.22. The lowest BCUT2D eigenvalue weighted by Crippen LogP contribution is -2.34. The fourth-order valence-corrected chi connectivity index (χ4v) is 4.38. The van der Waals surface area contributed by atoms with Crippen molar-refractivity contribution in [3.05, 3.63) is 69.3 Å². The van der Waals surface area contributed by atoms with E-state index in [0.29, 0.717) is 30.1 Å². The molecule has 0 radical (unpaired) electrons. The molecule has 5 rings (SSSR count). The number of aromatic amines is 1. The number of rotatable bonds is 6. The Bertz CT molecular complexity index is 1150. The van der Waals surface area contributed by atoms with Crippen molar-refractivity contribution in [3.8, 4) is 5.69 Å². The number of nitrogens with one attached hydrogen (secondary N) is 1. The van der Waals surface area contributed by atoms with Gasteiger partial charge in [0.05, 0.1) is 24.5 Å². The van der Waals surface area contributed by atoms with E-state index in [4.69, 9.17) is 9.72 Å². The summed E-state index contributed by atoms with van der Waals surface area (Å²) in [5.74, 6) is 0.545. The van der Waals surface area contributed by atoms with Crippen molar-refractivity contribution in [1.82, 2.24) is 19.7 Å². The number of thiophene rings is 1. The summed E-state index contributed by atoms with van der Waals surface area (Å²) in [7, 11) is 0. The van der Waals surface area contributed by atoms with Gasteiger partial charge < -0.3 is 9.64 Å². The molecule has 4 heterocycles. The van der Waals surface area contributed by atoms with Gasteiger partial charge in [0.1, 0.15) is 5.39 Å². The van der Waals surface area contributed by atoms with Crippen molar-refractivity contribution in [2.75, 3.05) is 18.1 Å². The molecule has 1 saturated heterocycles. The Hall–Kier alpha value is -2.97. The van der Waals surface area contributed by atoms with Crippen LogP contribution in [0.1, 0.15) is 17.7 Å². The number of nitrogens with zero attached hydrogens (tertiary/aromatic N) is 4. The Kier molecular flexibility index (Phi) is 4.87. The molecule has 0 aliphatic carbocycles. The topological polar surface area (TPSA) is 76.0 Å². The largest absolute Gasteiger partial charge is 0.376 e. The zero-order chi connectivity index (χ0) is 19.6. The van der Waals surface area contributed by atoms with Crippen LogP contribution in [0.2, 0.25) is 0 Å². The first-order chi connectivity index (χ1) is 14.3. The van der Waals surface area contributed by atoms with E-state index in [1.807, 2.05) is 36.4 Å². The first-order valence-corrected chi connectivity index (χ1v) is 10.6. The maximum absolute atomic E-state index is 12.8. The van der Waals surface area contributed by atoms with Crippen molar-refractivity contribution < 1.29 is 4.74 Å². The van der Waals surface area contributed by atoms with Crippen LogP contribution in [0.15, 0.2) is 58.8 Å². The van der Waals surface area contributed by atoms with E-state index in [2.05, 4.69) is 26.4 Å². The molecule has 1 aromatic carbocycles. The minimum atomic E-state index is -0.185. The van der Waals surface area contributed by atoms with Crippen LogP contribution in [0.5, 0.6) is 0 Å². The Morgan fingerprint density at radius 2 is 2.14 bits per heavy atom. The number of anilines is 1. The number of fused-ring (bicyclic) bond motifs is 1. The molecule has 3 aromatic heterocycles. The molecule has 29 heavy (non-hydrogen) atoms. The van der Waals surface area contributed by atoms with Gasteiger partial charge in [0.2, 0.25) is 5.95 Å². The monoisotopic (exact) mass is 407 g/mol. The molecule has 1 N–H and O–H groups in total. The SMILES string of the molecule is O=c1[nH]c(N(Cc2cccs2)C[C@H]2CCCO2)nc2c1cnn2-c1ccccc1. The number of benzene rings is 1. The van der Waals surface area contributed by atoms with Crippen LogP contribution < -0.4 is 10.5 Å². The van der Waals surface area contributed by atoms with E-state index in [0.717, 1.165) is 25.1 Å². The van der Waals surface area contributed by atoms with Gasteiger partial charge in [0.25, 0.3) is 5.56 Å². The predicted molar refractivity (Wildman–Crippen MR) is 114 cm³/mol. The highest BCUT2D eigenvalue weighted by atomic mass is 32.1. The number of hydrogen-bond acceptors (Lipinski definition) is 6. The highest BCUT2D eigenvalue weighted by Crippen LogP contribution is 2.22. The van der Waals surface area contributed by atoms with E-state index in [-0.39, 0.29) is 11.7 Å². The van der Waals surface area contributed by atoms with Gasteiger partial charge in [0.15, 0.2) is 5.65 Å². The summed E-state index contributed by atoms with van der Waals surface area (Å²) in [6, 6.07) is 13.9.